The highest BCUT2D eigenvalue weighted by Crippen LogP contribution is 2.21. The van der Waals surface area contributed by atoms with Gasteiger partial charge in [0.05, 0.1) is 5.56 Å². The van der Waals surface area contributed by atoms with Crippen molar-refractivity contribution in [2.75, 3.05) is 10.6 Å². The number of halogens is 1. The Morgan fingerprint density at radius 2 is 1.79 bits per heavy atom. The maximum Gasteiger partial charge on any atom is 0.259 e. The Morgan fingerprint density at radius 1 is 1.00 bits per heavy atom. The van der Waals surface area contributed by atoms with Crippen molar-refractivity contribution in [2.24, 2.45) is 0 Å². The van der Waals surface area contributed by atoms with E-state index in [1.165, 1.54) is 0 Å². The molecule has 0 aliphatic rings. The third-order valence-corrected chi connectivity index (χ3v) is 3.69. The fraction of sp³-hybridized carbons (Fsp3) is 0.0526. The summed E-state index contributed by atoms with van der Waals surface area (Å²) in [5.41, 5.74) is 3.15. The molecule has 0 radical (unpaired) electrons. The van der Waals surface area contributed by atoms with Crippen LogP contribution < -0.4 is 10.6 Å². The minimum absolute atomic E-state index is 0.236. The second-order valence-electron chi connectivity index (χ2n) is 5.36. The molecule has 0 saturated heterocycles. The van der Waals surface area contributed by atoms with E-state index in [-0.39, 0.29) is 5.91 Å². The average molecular weight is 338 g/mol. The van der Waals surface area contributed by atoms with Crippen molar-refractivity contribution in [2.45, 2.75) is 6.92 Å². The summed E-state index contributed by atoms with van der Waals surface area (Å²) in [5.74, 6) is 0.273. The molecule has 0 aliphatic heterocycles. The number of nitrogens with one attached hydrogen (secondary N) is 2. The summed E-state index contributed by atoms with van der Waals surface area (Å²) in [6, 6.07) is 18.3. The van der Waals surface area contributed by atoms with Gasteiger partial charge in [-0.15, -0.1) is 0 Å². The number of aryl methyl sites for hydroxylation is 1. The molecule has 0 aliphatic carbocycles. The minimum atomic E-state index is -0.236. The van der Waals surface area contributed by atoms with Gasteiger partial charge in [0, 0.05) is 22.6 Å². The first-order valence-electron chi connectivity index (χ1n) is 7.47. The maximum absolute atomic E-state index is 12.6. The van der Waals surface area contributed by atoms with Gasteiger partial charge in [0.25, 0.3) is 5.91 Å². The molecule has 3 aromatic rings. The van der Waals surface area contributed by atoms with E-state index in [0.29, 0.717) is 22.1 Å². The van der Waals surface area contributed by atoms with E-state index in [2.05, 4.69) is 15.6 Å². The van der Waals surface area contributed by atoms with Crippen molar-refractivity contribution in [1.29, 1.82) is 0 Å². The summed E-state index contributed by atoms with van der Waals surface area (Å²) in [6.07, 6.45) is 1.65. The quantitative estimate of drug-likeness (QED) is 0.701. The van der Waals surface area contributed by atoms with E-state index in [1.807, 2.05) is 31.2 Å². The highest BCUT2D eigenvalue weighted by molar-refractivity contribution is 6.30. The molecule has 4 nitrogen and oxygen atoms in total. The molecule has 2 N–H and O–H groups in total. The first-order valence-corrected chi connectivity index (χ1v) is 7.85. The summed E-state index contributed by atoms with van der Waals surface area (Å²) in [4.78, 5) is 16.8. The lowest BCUT2D eigenvalue weighted by molar-refractivity contribution is 0.102. The number of benzene rings is 2. The van der Waals surface area contributed by atoms with Gasteiger partial charge in [-0.1, -0.05) is 23.7 Å². The molecule has 0 saturated carbocycles. The number of hydrogen-bond donors (Lipinski definition) is 2. The van der Waals surface area contributed by atoms with Crippen molar-refractivity contribution >= 4 is 34.7 Å². The predicted octanol–water partition coefficient (Wildman–Crippen LogP) is 5.04. The average Bonchev–Trinajstić information content (AvgIpc) is 2.57. The van der Waals surface area contributed by atoms with Crippen LogP contribution in [-0.2, 0) is 0 Å². The van der Waals surface area contributed by atoms with Crippen LogP contribution in [0.4, 0.5) is 17.2 Å². The Bertz CT molecular complexity index is 862. The van der Waals surface area contributed by atoms with E-state index < -0.39 is 0 Å². The first-order chi connectivity index (χ1) is 11.6. The molecule has 24 heavy (non-hydrogen) atoms. The topological polar surface area (TPSA) is 54.0 Å². The summed E-state index contributed by atoms with van der Waals surface area (Å²) in [5, 5.41) is 6.66. The second kappa shape index (κ2) is 7.15. The fourth-order valence-corrected chi connectivity index (χ4v) is 2.41. The smallest absolute Gasteiger partial charge is 0.259 e. The molecule has 1 aromatic heterocycles. The Balaban J connectivity index is 1.83. The molecule has 0 fully saturated rings. The number of rotatable bonds is 4. The van der Waals surface area contributed by atoms with Gasteiger partial charge in [0.1, 0.15) is 5.82 Å². The van der Waals surface area contributed by atoms with E-state index in [0.717, 1.165) is 11.3 Å². The van der Waals surface area contributed by atoms with Crippen LogP contribution in [0.25, 0.3) is 0 Å². The minimum Gasteiger partial charge on any atom is -0.340 e. The zero-order chi connectivity index (χ0) is 16.9. The molecule has 120 valence electrons. The number of nitrogens with zero attached hydrogens (tertiary/aromatic N) is 1. The van der Waals surface area contributed by atoms with Gasteiger partial charge in [-0.2, -0.15) is 0 Å². The molecular weight excluding hydrogens is 322 g/mol. The van der Waals surface area contributed by atoms with Crippen molar-refractivity contribution in [1.82, 2.24) is 4.98 Å². The van der Waals surface area contributed by atoms with Crippen molar-refractivity contribution in [3.8, 4) is 0 Å². The zero-order valence-corrected chi connectivity index (χ0v) is 13.8. The van der Waals surface area contributed by atoms with Gasteiger partial charge < -0.3 is 10.6 Å². The maximum atomic E-state index is 12.6. The predicted molar refractivity (Wildman–Crippen MR) is 98.1 cm³/mol. The van der Waals surface area contributed by atoms with E-state index in [9.17, 15) is 4.79 Å². The van der Waals surface area contributed by atoms with Crippen LogP contribution >= 0.6 is 11.6 Å². The SMILES string of the molecule is Cc1cccc(Nc2ncccc2C(=O)Nc2ccc(Cl)cc2)c1. The summed E-state index contributed by atoms with van der Waals surface area (Å²) >= 11 is 5.86. The molecule has 3 rings (SSSR count). The van der Waals surface area contributed by atoms with Crippen LogP contribution in [0.2, 0.25) is 5.02 Å². The van der Waals surface area contributed by atoms with Gasteiger partial charge in [0.2, 0.25) is 0 Å². The molecule has 0 unspecified atom stereocenters. The first kappa shape index (κ1) is 16.0. The van der Waals surface area contributed by atoms with Gasteiger partial charge >= 0.3 is 0 Å². The standard InChI is InChI=1S/C19H16ClN3O/c1-13-4-2-5-16(12-13)22-18-17(6-3-11-21-18)19(24)23-15-9-7-14(20)8-10-15/h2-12H,1H3,(H,21,22)(H,23,24). The third-order valence-electron chi connectivity index (χ3n) is 3.44. The van der Waals surface area contributed by atoms with Gasteiger partial charge in [-0.3, -0.25) is 4.79 Å². The lowest BCUT2D eigenvalue weighted by atomic mass is 10.2. The number of amides is 1. The van der Waals surface area contributed by atoms with Crippen molar-refractivity contribution in [3.05, 3.63) is 83.0 Å². The molecule has 0 atom stereocenters. The molecule has 1 amide bonds. The zero-order valence-electron chi connectivity index (χ0n) is 13.1. The summed E-state index contributed by atoms with van der Waals surface area (Å²) < 4.78 is 0. The lowest BCUT2D eigenvalue weighted by Gasteiger charge is -2.11. The third kappa shape index (κ3) is 3.91. The summed E-state index contributed by atoms with van der Waals surface area (Å²) in [6.45, 7) is 2.01. The van der Waals surface area contributed by atoms with Crippen LogP contribution in [0.5, 0.6) is 0 Å². The molecule has 0 bridgehead atoms. The molecular formula is C19H16ClN3O. The Hall–Kier alpha value is -2.85. The fourth-order valence-electron chi connectivity index (χ4n) is 2.28. The second-order valence-corrected chi connectivity index (χ2v) is 5.79. The lowest BCUT2D eigenvalue weighted by Crippen LogP contribution is -2.14. The van der Waals surface area contributed by atoms with Crippen molar-refractivity contribution < 1.29 is 4.79 Å². The highest BCUT2D eigenvalue weighted by atomic mass is 35.5. The van der Waals surface area contributed by atoms with Crippen LogP contribution in [0.1, 0.15) is 15.9 Å². The van der Waals surface area contributed by atoms with Crippen LogP contribution in [0.3, 0.4) is 0 Å². The van der Waals surface area contributed by atoms with Crippen LogP contribution in [0, 0.1) is 6.92 Å². The van der Waals surface area contributed by atoms with Crippen molar-refractivity contribution in [3.63, 3.8) is 0 Å². The number of carbonyl (C=O) groups excluding carboxylic acids is 1. The Kier molecular flexibility index (Phi) is 4.77. The number of hydrogen-bond acceptors (Lipinski definition) is 3. The Labute approximate surface area is 145 Å². The molecule has 0 spiro atoms. The number of aromatic nitrogens is 1. The number of pyridine rings is 1. The molecule has 5 heteroatoms. The van der Waals surface area contributed by atoms with Crippen LogP contribution in [0.15, 0.2) is 66.9 Å². The molecule has 1 heterocycles. The largest absolute Gasteiger partial charge is 0.340 e. The monoisotopic (exact) mass is 337 g/mol. The number of anilines is 3. The van der Waals surface area contributed by atoms with Gasteiger partial charge in [-0.05, 0) is 61.0 Å². The van der Waals surface area contributed by atoms with E-state index in [1.54, 1.807) is 42.6 Å². The van der Waals surface area contributed by atoms with E-state index in [4.69, 9.17) is 11.6 Å². The normalized spacial score (nSPS) is 10.2. The summed E-state index contributed by atoms with van der Waals surface area (Å²) in [7, 11) is 0. The Morgan fingerprint density at radius 3 is 2.54 bits per heavy atom. The molecule has 2 aromatic carbocycles. The number of carbonyl (C=O) groups is 1. The highest BCUT2D eigenvalue weighted by Gasteiger charge is 2.13. The van der Waals surface area contributed by atoms with Gasteiger partial charge in [0.15, 0.2) is 0 Å². The van der Waals surface area contributed by atoms with E-state index >= 15 is 0 Å². The van der Waals surface area contributed by atoms with Crippen LogP contribution in [-0.4, -0.2) is 10.9 Å². The van der Waals surface area contributed by atoms with Gasteiger partial charge in [-0.25, -0.2) is 4.98 Å².